The van der Waals surface area contributed by atoms with Gasteiger partial charge in [0.25, 0.3) is 0 Å². The zero-order chi connectivity index (χ0) is 19.8. The number of piperidine rings is 1. The van der Waals surface area contributed by atoms with Gasteiger partial charge in [0.05, 0.1) is 7.11 Å². The molecule has 0 radical (unpaired) electrons. The van der Waals surface area contributed by atoms with E-state index in [9.17, 15) is 4.39 Å². The molecule has 0 aliphatic carbocycles. The van der Waals surface area contributed by atoms with E-state index in [2.05, 4.69) is 29.1 Å². The maximum atomic E-state index is 13.9. The molecule has 1 aliphatic rings. The minimum Gasteiger partial charge on any atom is -0.494 e. The molecule has 1 unspecified atom stereocenters. The molecule has 1 saturated heterocycles. The standard InChI is InChI=1S/C21H35FN4O/c1-16(2)13-26-10-6-7-18(15-26)12-24-21(23-3)25(4)14-17-8-9-20(27-5)19(22)11-17/h8-9,11,16,18H,6-7,10,12-15H2,1-5H3,(H,23,24). The number of hydrogen-bond donors (Lipinski definition) is 1. The van der Waals surface area contributed by atoms with Gasteiger partial charge in [-0.2, -0.15) is 0 Å². The first-order valence-corrected chi connectivity index (χ1v) is 9.89. The summed E-state index contributed by atoms with van der Waals surface area (Å²) in [5.41, 5.74) is 0.888. The molecule has 0 bridgehead atoms. The van der Waals surface area contributed by atoms with Gasteiger partial charge in [-0.05, 0) is 48.9 Å². The average molecular weight is 379 g/mol. The number of nitrogens with zero attached hydrogens (tertiary/aromatic N) is 3. The molecule has 0 spiro atoms. The van der Waals surface area contributed by atoms with E-state index in [4.69, 9.17) is 4.74 Å². The van der Waals surface area contributed by atoms with Crippen molar-refractivity contribution in [1.82, 2.24) is 15.1 Å². The van der Waals surface area contributed by atoms with Crippen molar-refractivity contribution in [3.05, 3.63) is 29.6 Å². The molecule has 5 nitrogen and oxygen atoms in total. The Labute approximate surface area is 163 Å². The molecular formula is C21H35FN4O. The van der Waals surface area contributed by atoms with Crippen molar-refractivity contribution in [3.8, 4) is 5.75 Å². The van der Waals surface area contributed by atoms with Crippen molar-refractivity contribution >= 4 is 5.96 Å². The summed E-state index contributed by atoms with van der Waals surface area (Å²) in [5, 5.41) is 3.50. The van der Waals surface area contributed by atoms with E-state index >= 15 is 0 Å². The third kappa shape index (κ3) is 6.69. The van der Waals surface area contributed by atoms with Gasteiger partial charge in [-0.25, -0.2) is 4.39 Å². The Morgan fingerprint density at radius 3 is 2.85 bits per heavy atom. The zero-order valence-corrected chi connectivity index (χ0v) is 17.5. The summed E-state index contributed by atoms with van der Waals surface area (Å²) >= 11 is 0. The summed E-state index contributed by atoms with van der Waals surface area (Å²) in [7, 11) is 5.24. The van der Waals surface area contributed by atoms with Crippen LogP contribution < -0.4 is 10.1 Å². The predicted octanol–water partition coefficient (Wildman–Crippen LogP) is 3.21. The lowest BCUT2D eigenvalue weighted by Gasteiger charge is -2.34. The smallest absolute Gasteiger partial charge is 0.193 e. The number of hydrogen-bond acceptors (Lipinski definition) is 3. The lowest BCUT2D eigenvalue weighted by atomic mass is 9.97. The van der Waals surface area contributed by atoms with Crippen LogP contribution in [0.15, 0.2) is 23.2 Å². The largest absolute Gasteiger partial charge is 0.494 e. The Bertz CT molecular complexity index is 620. The maximum absolute atomic E-state index is 13.9. The Morgan fingerprint density at radius 1 is 1.44 bits per heavy atom. The van der Waals surface area contributed by atoms with Crippen LogP contribution in [0.3, 0.4) is 0 Å². The summed E-state index contributed by atoms with van der Waals surface area (Å²) in [6.07, 6.45) is 2.52. The molecule has 1 fully saturated rings. The van der Waals surface area contributed by atoms with E-state index in [0.717, 1.165) is 24.6 Å². The minimum absolute atomic E-state index is 0.271. The van der Waals surface area contributed by atoms with Crippen LogP contribution >= 0.6 is 0 Å². The Hall–Kier alpha value is -1.82. The first-order chi connectivity index (χ1) is 12.9. The molecule has 1 atom stereocenters. The molecule has 1 aliphatic heterocycles. The average Bonchev–Trinajstić information content (AvgIpc) is 2.62. The Morgan fingerprint density at radius 2 is 2.22 bits per heavy atom. The second-order valence-corrected chi connectivity index (χ2v) is 7.91. The van der Waals surface area contributed by atoms with Crippen molar-refractivity contribution in [2.45, 2.75) is 33.2 Å². The summed E-state index contributed by atoms with van der Waals surface area (Å²) in [4.78, 5) is 8.99. The summed E-state index contributed by atoms with van der Waals surface area (Å²) < 4.78 is 18.9. The van der Waals surface area contributed by atoms with Crippen molar-refractivity contribution in [2.24, 2.45) is 16.8 Å². The van der Waals surface area contributed by atoms with Gasteiger partial charge in [0.15, 0.2) is 17.5 Å². The van der Waals surface area contributed by atoms with Crippen LogP contribution in [0.25, 0.3) is 0 Å². The van der Waals surface area contributed by atoms with Crippen molar-refractivity contribution < 1.29 is 9.13 Å². The van der Waals surface area contributed by atoms with Gasteiger partial charge in [-0.1, -0.05) is 19.9 Å². The maximum Gasteiger partial charge on any atom is 0.193 e. The molecule has 152 valence electrons. The van der Waals surface area contributed by atoms with E-state index < -0.39 is 0 Å². The molecule has 0 saturated carbocycles. The van der Waals surface area contributed by atoms with Gasteiger partial charge in [0.2, 0.25) is 0 Å². The monoisotopic (exact) mass is 378 g/mol. The highest BCUT2D eigenvalue weighted by atomic mass is 19.1. The van der Waals surface area contributed by atoms with E-state index in [1.807, 2.05) is 18.0 Å². The number of rotatable bonds is 7. The number of aliphatic imine (C=N–C) groups is 1. The Kier molecular flexibility index (Phi) is 8.35. The highest BCUT2D eigenvalue weighted by Gasteiger charge is 2.21. The number of benzene rings is 1. The molecule has 0 aromatic heterocycles. The summed E-state index contributed by atoms with van der Waals surface area (Å²) in [6, 6.07) is 5.07. The SMILES string of the molecule is CN=C(NCC1CCCN(CC(C)C)C1)N(C)Cc1ccc(OC)c(F)c1. The van der Waals surface area contributed by atoms with Gasteiger partial charge < -0.3 is 19.9 Å². The third-order valence-electron chi connectivity index (χ3n) is 4.98. The normalized spacial score (nSPS) is 18.6. The molecule has 2 rings (SSSR count). The van der Waals surface area contributed by atoms with Crippen LogP contribution in [0.2, 0.25) is 0 Å². The first-order valence-electron chi connectivity index (χ1n) is 9.89. The number of halogens is 1. The first kappa shape index (κ1) is 21.5. The number of ether oxygens (including phenoxy) is 1. The fraction of sp³-hybridized carbons (Fsp3) is 0.667. The minimum atomic E-state index is -0.334. The van der Waals surface area contributed by atoms with Crippen molar-refractivity contribution in [2.75, 3.05) is 47.4 Å². The van der Waals surface area contributed by atoms with Crippen LogP contribution in [-0.4, -0.2) is 63.1 Å². The van der Waals surface area contributed by atoms with Crippen LogP contribution in [0.5, 0.6) is 5.75 Å². The second kappa shape index (κ2) is 10.5. The van der Waals surface area contributed by atoms with Crippen molar-refractivity contribution in [3.63, 3.8) is 0 Å². The van der Waals surface area contributed by atoms with Crippen LogP contribution in [0, 0.1) is 17.7 Å². The molecule has 27 heavy (non-hydrogen) atoms. The van der Waals surface area contributed by atoms with E-state index in [0.29, 0.717) is 18.4 Å². The lowest BCUT2D eigenvalue weighted by Crippen LogP contribution is -2.45. The summed E-state index contributed by atoms with van der Waals surface area (Å²) in [6.45, 7) is 9.60. The van der Waals surface area contributed by atoms with Crippen LogP contribution in [0.4, 0.5) is 4.39 Å². The predicted molar refractivity (Wildman–Crippen MR) is 110 cm³/mol. The third-order valence-corrected chi connectivity index (χ3v) is 4.98. The number of methoxy groups -OCH3 is 1. The van der Waals surface area contributed by atoms with E-state index in [-0.39, 0.29) is 11.6 Å². The molecule has 1 heterocycles. The van der Waals surface area contributed by atoms with Crippen LogP contribution in [0.1, 0.15) is 32.3 Å². The van der Waals surface area contributed by atoms with Gasteiger partial charge in [-0.3, -0.25) is 4.99 Å². The Balaban J connectivity index is 1.86. The zero-order valence-electron chi connectivity index (χ0n) is 17.5. The molecular weight excluding hydrogens is 343 g/mol. The number of guanidine groups is 1. The number of nitrogens with one attached hydrogen (secondary N) is 1. The molecule has 1 aromatic carbocycles. The molecule has 0 amide bonds. The van der Waals surface area contributed by atoms with Crippen LogP contribution in [-0.2, 0) is 6.54 Å². The highest BCUT2D eigenvalue weighted by molar-refractivity contribution is 5.79. The van der Waals surface area contributed by atoms with Gasteiger partial charge >= 0.3 is 0 Å². The fourth-order valence-electron chi connectivity index (χ4n) is 3.78. The summed E-state index contributed by atoms with van der Waals surface area (Å²) in [5.74, 6) is 2.12. The fourth-order valence-corrected chi connectivity index (χ4v) is 3.78. The second-order valence-electron chi connectivity index (χ2n) is 7.91. The topological polar surface area (TPSA) is 40.1 Å². The molecule has 1 N–H and O–H groups in total. The lowest BCUT2D eigenvalue weighted by molar-refractivity contribution is 0.159. The highest BCUT2D eigenvalue weighted by Crippen LogP contribution is 2.19. The quantitative estimate of drug-likeness (QED) is 0.584. The van der Waals surface area contributed by atoms with Gasteiger partial charge in [0.1, 0.15) is 0 Å². The van der Waals surface area contributed by atoms with Crippen molar-refractivity contribution in [1.29, 1.82) is 0 Å². The van der Waals surface area contributed by atoms with Gasteiger partial charge in [-0.15, -0.1) is 0 Å². The number of likely N-dealkylation sites (tertiary alicyclic amines) is 1. The van der Waals surface area contributed by atoms with E-state index in [1.165, 1.54) is 39.1 Å². The molecule has 1 aromatic rings. The van der Waals surface area contributed by atoms with E-state index in [1.54, 1.807) is 13.1 Å². The molecule has 6 heteroatoms. The van der Waals surface area contributed by atoms with Gasteiger partial charge in [0, 0.05) is 40.3 Å².